The number of hydrogen-bond donors (Lipinski definition) is 2. The van der Waals surface area contributed by atoms with Crippen LogP contribution in [0.1, 0.15) is 89.7 Å². The first-order valence-corrected chi connectivity index (χ1v) is 10.3. The van der Waals surface area contributed by atoms with Gasteiger partial charge < -0.3 is 10.6 Å². The lowest BCUT2D eigenvalue weighted by Crippen LogP contribution is -2.41. The molecule has 1 unspecified atom stereocenters. The van der Waals surface area contributed by atoms with Gasteiger partial charge in [0.1, 0.15) is 0 Å². The molecule has 4 nitrogen and oxygen atoms in total. The summed E-state index contributed by atoms with van der Waals surface area (Å²) in [5.74, 6) is -1.10. The molecular weight excluding hydrogens is 324 g/mol. The maximum Gasteiger partial charge on any atom is 0.309 e. The van der Waals surface area contributed by atoms with Crippen LogP contribution in [0.5, 0.6) is 0 Å². The van der Waals surface area contributed by atoms with Crippen molar-refractivity contribution in [3.63, 3.8) is 0 Å². The highest BCUT2D eigenvalue weighted by Gasteiger charge is 2.16. The second-order valence-electron chi connectivity index (χ2n) is 7.04. The first kappa shape index (κ1) is 22.2. The predicted molar refractivity (Wildman–Crippen MR) is 108 cm³/mol. The second-order valence-corrected chi connectivity index (χ2v) is 7.04. The number of amides is 2. The van der Waals surface area contributed by atoms with Crippen molar-refractivity contribution in [1.29, 1.82) is 0 Å². The molecule has 26 heavy (non-hydrogen) atoms. The normalized spacial score (nSPS) is 11.8. The lowest BCUT2D eigenvalue weighted by molar-refractivity contribution is -0.139. The minimum absolute atomic E-state index is 0.174. The van der Waals surface area contributed by atoms with Crippen LogP contribution >= 0.6 is 0 Å². The molecule has 1 atom stereocenters. The minimum atomic E-state index is -0.562. The molecule has 0 aromatic heterocycles. The molecule has 0 radical (unpaired) electrons. The van der Waals surface area contributed by atoms with Crippen molar-refractivity contribution in [2.24, 2.45) is 0 Å². The fourth-order valence-electron chi connectivity index (χ4n) is 2.98. The summed E-state index contributed by atoms with van der Waals surface area (Å²) >= 11 is 0. The summed E-state index contributed by atoms with van der Waals surface area (Å²) < 4.78 is 0. The number of hydrogen-bond acceptors (Lipinski definition) is 2. The highest BCUT2D eigenvalue weighted by molar-refractivity contribution is 6.35. The lowest BCUT2D eigenvalue weighted by atomic mass is 10.1. The SMILES string of the molecule is CCCCCCCCCCCCNC(=O)C(=O)NC(C)c1ccccc1. The van der Waals surface area contributed by atoms with Crippen molar-refractivity contribution < 1.29 is 9.59 Å². The van der Waals surface area contributed by atoms with E-state index in [1.807, 2.05) is 37.3 Å². The average Bonchev–Trinajstić information content (AvgIpc) is 2.66. The number of benzene rings is 1. The van der Waals surface area contributed by atoms with Gasteiger partial charge in [0, 0.05) is 6.54 Å². The van der Waals surface area contributed by atoms with Crippen molar-refractivity contribution in [2.45, 2.75) is 84.1 Å². The zero-order valence-corrected chi connectivity index (χ0v) is 16.6. The summed E-state index contributed by atoms with van der Waals surface area (Å²) in [5.41, 5.74) is 0.989. The van der Waals surface area contributed by atoms with Gasteiger partial charge in [0.2, 0.25) is 0 Å². The monoisotopic (exact) mass is 360 g/mol. The van der Waals surface area contributed by atoms with Gasteiger partial charge in [-0.05, 0) is 18.9 Å². The molecule has 0 aliphatic rings. The van der Waals surface area contributed by atoms with Crippen molar-refractivity contribution in [3.05, 3.63) is 35.9 Å². The largest absolute Gasteiger partial charge is 0.348 e. The molecule has 2 N–H and O–H groups in total. The summed E-state index contributed by atoms with van der Waals surface area (Å²) in [6, 6.07) is 9.47. The van der Waals surface area contributed by atoms with E-state index >= 15 is 0 Å². The van der Waals surface area contributed by atoms with Crippen molar-refractivity contribution in [2.75, 3.05) is 6.54 Å². The Morgan fingerprint density at radius 1 is 0.808 bits per heavy atom. The third kappa shape index (κ3) is 10.2. The van der Waals surface area contributed by atoms with Gasteiger partial charge in [-0.15, -0.1) is 0 Å². The Morgan fingerprint density at radius 2 is 1.35 bits per heavy atom. The van der Waals surface area contributed by atoms with Gasteiger partial charge in [0.15, 0.2) is 0 Å². The first-order chi connectivity index (χ1) is 12.6. The summed E-state index contributed by atoms with van der Waals surface area (Å²) in [4.78, 5) is 23.8. The number of unbranched alkanes of at least 4 members (excludes halogenated alkanes) is 9. The van der Waals surface area contributed by atoms with Crippen LogP contribution < -0.4 is 10.6 Å². The Hall–Kier alpha value is -1.84. The molecule has 4 heteroatoms. The maximum atomic E-state index is 11.9. The summed E-state index contributed by atoms with van der Waals surface area (Å²) in [5, 5.41) is 5.45. The van der Waals surface area contributed by atoms with Crippen LogP contribution in [-0.4, -0.2) is 18.4 Å². The summed E-state index contributed by atoms with van der Waals surface area (Å²) in [7, 11) is 0. The van der Waals surface area contributed by atoms with E-state index in [-0.39, 0.29) is 6.04 Å². The van der Waals surface area contributed by atoms with Crippen LogP contribution in [0.15, 0.2) is 30.3 Å². The number of carbonyl (C=O) groups excluding carboxylic acids is 2. The van der Waals surface area contributed by atoms with Crippen LogP contribution in [0, 0.1) is 0 Å². The van der Waals surface area contributed by atoms with E-state index in [4.69, 9.17) is 0 Å². The van der Waals surface area contributed by atoms with Gasteiger partial charge in [0.25, 0.3) is 0 Å². The Balaban J connectivity index is 2.01. The Labute approximate surface area is 159 Å². The Kier molecular flexibility index (Phi) is 12.2. The molecule has 0 aliphatic heterocycles. The summed E-state index contributed by atoms with van der Waals surface area (Å²) in [6.07, 6.45) is 12.6. The predicted octanol–water partition coefficient (Wildman–Crippen LogP) is 4.90. The van der Waals surface area contributed by atoms with Gasteiger partial charge >= 0.3 is 11.8 Å². The molecular formula is C22H36N2O2. The molecule has 1 aromatic rings. The van der Waals surface area contributed by atoms with Crippen molar-refractivity contribution in [3.8, 4) is 0 Å². The Morgan fingerprint density at radius 3 is 1.92 bits per heavy atom. The van der Waals surface area contributed by atoms with Crippen LogP contribution in [0.4, 0.5) is 0 Å². The molecule has 0 bridgehead atoms. The Bertz CT molecular complexity index is 502. The van der Waals surface area contributed by atoms with Gasteiger partial charge in [0.05, 0.1) is 6.04 Å². The summed E-state index contributed by atoms with van der Waals surface area (Å²) in [6.45, 7) is 4.69. The zero-order chi connectivity index (χ0) is 19.0. The molecule has 0 saturated carbocycles. The van der Waals surface area contributed by atoms with Crippen LogP contribution in [-0.2, 0) is 9.59 Å². The second kappa shape index (κ2) is 14.3. The van der Waals surface area contributed by atoms with Gasteiger partial charge in [-0.2, -0.15) is 0 Å². The lowest BCUT2D eigenvalue weighted by Gasteiger charge is -2.14. The van der Waals surface area contributed by atoms with Crippen LogP contribution in [0.2, 0.25) is 0 Å². The fourth-order valence-corrected chi connectivity index (χ4v) is 2.98. The highest BCUT2D eigenvalue weighted by Crippen LogP contribution is 2.11. The van der Waals surface area contributed by atoms with Crippen molar-refractivity contribution in [1.82, 2.24) is 10.6 Å². The third-order valence-corrected chi connectivity index (χ3v) is 4.67. The molecule has 0 heterocycles. The minimum Gasteiger partial charge on any atom is -0.348 e. The van der Waals surface area contributed by atoms with Gasteiger partial charge in [-0.1, -0.05) is 95.0 Å². The van der Waals surface area contributed by atoms with Gasteiger partial charge in [-0.3, -0.25) is 9.59 Å². The van der Waals surface area contributed by atoms with Crippen LogP contribution in [0.3, 0.4) is 0 Å². The van der Waals surface area contributed by atoms with E-state index in [0.717, 1.165) is 18.4 Å². The fraction of sp³-hybridized carbons (Fsp3) is 0.636. The van der Waals surface area contributed by atoms with E-state index in [1.165, 1.54) is 51.4 Å². The van der Waals surface area contributed by atoms with E-state index in [9.17, 15) is 9.59 Å². The van der Waals surface area contributed by atoms with E-state index in [1.54, 1.807) is 0 Å². The molecule has 0 saturated heterocycles. The highest BCUT2D eigenvalue weighted by atomic mass is 16.2. The maximum absolute atomic E-state index is 11.9. The van der Waals surface area contributed by atoms with E-state index < -0.39 is 11.8 Å². The third-order valence-electron chi connectivity index (χ3n) is 4.67. The van der Waals surface area contributed by atoms with E-state index in [2.05, 4.69) is 17.6 Å². The molecule has 1 aromatic carbocycles. The topological polar surface area (TPSA) is 58.2 Å². The molecule has 2 amide bonds. The first-order valence-electron chi connectivity index (χ1n) is 10.3. The average molecular weight is 361 g/mol. The standard InChI is InChI=1S/C22H36N2O2/c1-3-4-5-6-7-8-9-10-11-15-18-23-21(25)22(26)24-19(2)20-16-13-12-14-17-20/h12-14,16-17,19H,3-11,15,18H2,1-2H3,(H,23,25)(H,24,26). The van der Waals surface area contributed by atoms with E-state index in [0.29, 0.717) is 6.54 Å². The van der Waals surface area contributed by atoms with Crippen molar-refractivity contribution >= 4 is 11.8 Å². The molecule has 0 fully saturated rings. The smallest absolute Gasteiger partial charge is 0.309 e. The van der Waals surface area contributed by atoms with Crippen LogP contribution in [0.25, 0.3) is 0 Å². The molecule has 0 aliphatic carbocycles. The number of nitrogens with one attached hydrogen (secondary N) is 2. The quantitative estimate of drug-likeness (QED) is 0.388. The molecule has 1 rings (SSSR count). The molecule has 0 spiro atoms. The molecule has 146 valence electrons. The van der Waals surface area contributed by atoms with Gasteiger partial charge in [-0.25, -0.2) is 0 Å². The zero-order valence-electron chi connectivity index (χ0n) is 16.6. The number of rotatable bonds is 13. The number of carbonyl (C=O) groups is 2.